The first-order valence-electron chi connectivity index (χ1n) is 7.25. The molecule has 1 aromatic heterocycles. The Labute approximate surface area is 129 Å². The molecule has 5 nitrogen and oxygen atoms in total. The van der Waals surface area contributed by atoms with Gasteiger partial charge in [0.25, 0.3) is 5.56 Å². The summed E-state index contributed by atoms with van der Waals surface area (Å²) in [5.41, 5.74) is 5.56. The topological polar surface area (TPSA) is 50.3 Å². The van der Waals surface area contributed by atoms with Gasteiger partial charge in [0.2, 0.25) is 5.88 Å². The van der Waals surface area contributed by atoms with E-state index in [4.69, 9.17) is 4.74 Å². The SMILES string of the molecule is CC(C)c1[nH]n(C)c(=O)c1C=C=C1Oc2ccccc2N1C. The second-order valence-corrected chi connectivity index (χ2v) is 5.68. The van der Waals surface area contributed by atoms with E-state index in [1.165, 1.54) is 4.68 Å². The lowest BCUT2D eigenvalue weighted by molar-refractivity contribution is 0.445. The fraction of sp³-hybridized carbons (Fsp3) is 0.294. The largest absolute Gasteiger partial charge is 0.432 e. The van der Waals surface area contributed by atoms with Crippen LogP contribution in [0.1, 0.15) is 31.0 Å². The third-order valence-electron chi connectivity index (χ3n) is 3.77. The van der Waals surface area contributed by atoms with E-state index in [9.17, 15) is 4.79 Å². The third kappa shape index (κ3) is 2.26. The van der Waals surface area contributed by atoms with Crippen LogP contribution < -0.4 is 15.2 Å². The minimum absolute atomic E-state index is 0.0602. The van der Waals surface area contributed by atoms with E-state index in [0.29, 0.717) is 11.4 Å². The molecule has 5 heteroatoms. The summed E-state index contributed by atoms with van der Waals surface area (Å²) in [7, 11) is 3.63. The van der Waals surface area contributed by atoms with Crippen LogP contribution in [0.15, 0.2) is 40.7 Å². The number of nitrogens with one attached hydrogen (secondary N) is 1. The average molecular weight is 297 g/mol. The van der Waals surface area contributed by atoms with Crippen LogP contribution in [0.25, 0.3) is 6.08 Å². The van der Waals surface area contributed by atoms with E-state index in [1.807, 2.05) is 50.1 Å². The molecule has 114 valence electrons. The molecule has 1 aliphatic heterocycles. The second kappa shape index (κ2) is 5.28. The molecule has 0 saturated carbocycles. The zero-order valence-electron chi connectivity index (χ0n) is 13.2. The molecule has 1 N–H and O–H groups in total. The van der Waals surface area contributed by atoms with E-state index < -0.39 is 0 Å². The first kappa shape index (κ1) is 14.3. The highest BCUT2D eigenvalue weighted by molar-refractivity contribution is 5.66. The summed E-state index contributed by atoms with van der Waals surface area (Å²) in [6, 6.07) is 7.79. The van der Waals surface area contributed by atoms with Gasteiger partial charge in [0.05, 0.1) is 11.3 Å². The summed E-state index contributed by atoms with van der Waals surface area (Å²) in [5.74, 6) is 1.61. The number of hydrogen-bond donors (Lipinski definition) is 1. The highest BCUT2D eigenvalue weighted by Gasteiger charge is 2.22. The van der Waals surface area contributed by atoms with Crippen molar-refractivity contribution in [2.45, 2.75) is 19.8 Å². The molecule has 0 atom stereocenters. The van der Waals surface area contributed by atoms with Crippen LogP contribution in [0.3, 0.4) is 0 Å². The summed E-state index contributed by atoms with van der Waals surface area (Å²) in [4.78, 5) is 14.1. The van der Waals surface area contributed by atoms with Gasteiger partial charge in [-0.15, -0.1) is 0 Å². The lowest BCUT2D eigenvalue weighted by Crippen LogP contribution is -2.14. The zero-order valence-corrected chi connectivity index (χ0v) is 13.2. The van der Waals surface area contributed by atoms with Crippen LogP contribution in [0.2, 0.25) is 0 Å². The van der Waals surface area contributed by atoms with Crippen molar-refractivity contribution in [2.24, 2.45) is 7.05 Å². The molecule has 0 unspecified atom stereocenters. The Balaban J connectivity index is 2.04. The number of aryl methyl sites for hydroxylation is 1. The standard InChI is InChI=1S/C17H19N3O2/c1-11(2)16-12(17(21)20(4)18-16)9-10-15-19(3)13-7-5-6-8-14(13)22-15/h5-9,11,18H,1-4H3. The molecule has 1 aromatic carbocycles. The molecule has 1 aliphatic rings. The van der Waals surface area contributed by atoms with E-state index in [1.54, 1.807) is 13.1 Å². The van der Waals surface area contributed by atoms with Crippen molar-refractivity contribution in [3.05, 3.63) is 57.5 Å². The molecular formula is C17H19N3O2. The van der Waals surface area contributed by atoms with Crippen molar-refractivity contribution in [1.82, 2.24) is 9.78 Å². The summed E-state index contributed by atoms with van der Waals surface area (Å²) in [6.07, 6.45) is 1.70. The van der Waals surface area contributed by atoms with Crippen LogP contribution in [0, 0.1) is 0 Å². The normalized spacial score (nSPS) is 13.1. The number of ether oxygens (including phenoxy) is 1. The van der Waals surface area contributed by atoms with Crippen LogP contribution in [-0.4, -0.2) is 16.8 Å². The lowest BCUT2D eigenvalue weighted by Gasteiger charge is -2.07. The van der Waals surface area contributed by atoms with E-state index in [0.717, 1.165) is 17.1 Å². The van der Waals surface area contributed by atoms with Gasteiger partial charge in [-0.3, -0.25) is 14.6 Å². The fourth-order valence-corrected chi connectivity index (χ4v) is 2.53. The Hall–Kier alpha value is -2.65. The van der Waals surface area contributed by atoms with Gasteiger partial charge in [-0.2, -0.15) is 0 Å². The summed E-state index contributed by atoms with van der Waals surface area (Å²) >= 11 is 0. The van der Waals surface area contributed by atoms with Crippen molar-refractivity contribution >= 4 is 11.8 Å². The Bertz CT molecular complexity index is 836. The monoisotopic (exact) mass is 297 g/mol. The Morgan fingerprint density at radius 1 is 1.27 bits per heavy atom. The number of hydrogen-bond acceptors (Lipinski definition) is 3. The van der Waals surface area contributed by atoms with E-state index in [2.05, 4.69) is 10.8 Å². The van der Waals surface area contributed by atoms with Gasteiger partial charge in [0.15, 0.2) is 5.75 Å². The highest BCUT2D eigenvalue weighted by atomic mass is 16.5. The molecular weight excluding hydrogens is 278 g/mol. The third-order valence-corrected chi connectivity index (χ3v) is 3.77. The predicted octanol–water partition coefficient (Wildman–Crippen LogP) is 2.82. The Morgan fingerprint density at radius 3 is 2.68 bits per heavy atom. The number of rotatable bonds is 2. The van der Waals surface area contributed by atoms with Crippen molar-refractivity contribution in [3.8, 4) is 5.75 Å². The number of aromatic nitrogens is 2. The van der Waals surface area contributed by atoms with Crippen molar-refractivity contribution in [3.63, 3.8) is 0 Å². The quantitative estimate of drug-likeness (QED) is 0.867. The zero-order chi connectivity index (χ0) is 15.9. The van der Waals surface area contributed by atoms with Crippen LogP contribution in [-0.2, 0) is 7.05 Å². The molecule has 2 aromatic rings. The number of nitrogens with zero attached hydrogens (tertiary/aromatic N) is 2. The lowest BCUT2D eigenvalue weighted by atomic mass is 10.1. The molecule has 0 aliphatic carbocycles. The maximum atomic E-state index is 12.2. The summed E-state index contributed by atoms with van der Waals surface area (Å²) < 4.78 is 7.26. The molecule has 0 bridgehead atoms. The molecule has 22 heavy (non-hydrogen) atoms. The van der Waals surface area contributed by atoms with Crippen LogP contribution in [0.5, 0.6) is 5.75 Å². The number of benzene rings is 1. The minimum Gasteiger partial charge on any atom is -0.432 e. The van der Waals surface area contributed by atoms with E-state index >= 15 is 0 Å². The summed E-state index contributed by atoms with van der Waals surface area (Å²) in [6.45, 7) is 4.09. The first-order valence-corrected chi connectivity index (χ1v) is 7.25. The molecule has 2 heterocycles. The maximum Gasteiger partial charge on any atom is 0.274 e. The number of aromatic amines is 1. The van der Waals surface area contributed by atoms with Gasteiger partial charge in [0.1, 0.15) is 0 Å². The number of para-hydroxylation sites is 2. The second-order valence-electron chi connectivity index (χ2n) is 5.68. The molecule has 0 amide bonds. The number of fused-ring (bicyclic) bond motifs is 1. The Morgan fingerprint density at radius 2 is 2.00 bits per heavy atom. The van der Waals surface area contributed by atoms with Crippen molar-refractivity contribution in [2.75, 3.05) is 11.9 Å². The van der Waals surface area contributed by atoms with E-state index in [-0.39, 0.29) is 11.5 Å². The predicted molar refractivity (Wildman–Crippen MR) is 87.1 cm³/mol. The Kier molecular flexibility index (Phi) is 3.43. The molecule has 3 rings (SSSR count). The maximum absolute atomic E-state index is 12.2. The summed E-state index contributed by atoms with van der Waals surface area (Å²) in [5, 5.41) is 3.09. The van der Waals surface area contributed by atoms with Gasteiger partial charge in [-0.1, -0.05) is 31.7 Å². The van der Waals surface area contributed by atoms with Crippen LogP contribution in [0.4, 0.5) is 5.69 Å². The smallest absolute Gasteiger partial charge is 0.274 e. The molecule has 0 fully saturated rings. The first-order chi connectivity index (χ1) is 10.5. The molecule has 0 spiro atoms. The molecule has 0 saturated heterocycles. The van der Waals surface area contributed by atoms with Gasteiger partial charge in [-0.05, 0) is 18.1 Å². The van der Waals surface area contributed by atoms with Gasteiger partial charge >= 0.3 is 0 Å². The minimum atomic E-state index is -0.0602. The fourth-order valence-electron chi connectivity index (χ4n) is 2.53. The van der Waals surface area contributed by atoms with Crippen LogP contribution >= 0.6 is 0 Å². The molecule has 0 radical (unpaired) electrons. The van der Waals surface area contributed by atoms with Crippen molar-refractivity contribution < 1.29 is 4.74 Å². The number of H-pyrrole nitrogens is 1. The highest BCUT2D eigenvalue weighted by Crippen LogP contribution is 2.36. The average Bonchev–Trinajstić information content (AvgIpc) is 2.96. The number of anilines is 1. The van der Waals surface area contributed by atoms with Gasteiger partial charge in [-0.25, -0.2) is 0 Å². The van der Waals surface area contributed by atoms with Gasteiger partial charge in [0, 0.05) is 25.9 Å². The van der Waals surface area contributed by atoms with Crippen molar-refractivity contribution in [1.29, 1.82) is 0 Å². The van der Waals surface area contributed by atoms with Gasteiger partial charge < -0.3 is 9.64 Å².